The van der Waals surface area contributed by atoms with Gasteiger partial charge in [0, 0.05) is 0 Å². The van der Waals surface area contributed by atoms with E-state index in [0.29, 0.717) is 5.92 Å². The molecule has 3 rings (SSSR count). The number of hydrogen-bond acceptors (Lipinski definition) is 2. The smallest absolute Gasteiger partial charge is 0.343 e. The molecule has 0 spiro atoms. The Morgan fingerprint density at radius 1 is 1.18 bits per heavy atom. The van der Waals surface area contributed by atoms with Gasteiger partial charge in [-0.3, -0.25) is 0 Å². The minimum Gasteiger partial charge on any atom is -0.460 e. The normalized spacial score (nSPS) is 43.8. The maximum absolute atomic E-state index is 13.5. The number of hydrogen-bond donors (Lipinski definition) is 0. The van der Waals surface area contributed by atoms with Gasteiger partial charge in [-0.15, -0.1) is 0 Å². The topological polar surface area (TPSA) is 26.3 Å². The molecule has 17 heavy (non-hydrogen) atoms. The number of carbonyl (C=O) groups is 1. The molecule has 0 aromatic rings. The Morgan fingerprint density at radius 3 is 2.59 bits per heavy atom. The van der Waals surface area contributed by atoms with Crippen LogP contribution in [0.3, 0.4) is 0 Å². The van der Waals surface area contributed by atoms with Crippen LogP contribution >= 0.6 is 0 Å². The van der Waals surface area contributed by atoms with E-state index in [1.54, 1.807) is 0 Å². The quantitative estimate of drug-likeness (QED) is 0.693. The fourth-order valence-corrected chi connectivity index (χ4v) is 4.42. The Labute approximate surface area is 102 Å². The van der Waals surface area contributed by atoms with Crippen LogP contribution in [-0.2, 0) is 9.53 Å². The molecule has 3 aliphatic carbocycles. The molecular weight excluding hydrogens is 219 g/mol. The maximum atomic E-state index is 13.5. The monoisotopic (exact) mass is 240 g/mol. The van der Waals surface area contributed by atoms with Crippen molar-refractivity contribution < 1.29 is 13.9 Å². The lowest BCUT2D eigenvalue weighted by Crippen LogP contribution is -2.37. The molecule has 3 aliphatic rings. The number of halogens is 1. The zero-order valence-electron chi connectivity index (χ0n) is 10.6. The first-order valence-electron chi connectivity index (χ1n) is 6.87. The molecule has 3 fully saturated rings. The summed E-state index contributed by atoms with van der Waals surface area (Å²) >= 11 is 0. The Hall–Kier alpha value is -0.600. The summed E-state index contributed by atoms with van der Waals surface area (Å²) in [6, 6.07) is 0. The van der Waals surface area contributed by atoms with Gasteiger partial charge in [-0.25, -0.2) is 9.18 Å². The number of alkyl halides is 1. The van der Waals surface area contributed by atoms with Gasteiger partial charge in [-0.05, 0) is 63.2 Å². The third-order valence-corrected chi connectivity index (χ3v) is 5.11. The third-order valence-electron chi connectivity index (χ3n) is 5.11. The Balaban J connectivity index is 1.66. The fourth-order valence-electron chi connectivity index (χ4n) is 4.42. The summed E-state index contributed by atoms with van der Waals surface area (Å²) in [4.78, 5) is 11.6. The van der Waals surface area contributed by atoms with Gasteiger partial charge >= 0.3 is 5.97 Å². The van der Waals surface area contributed by atoms with E-state index in [2.05, 4.69) is 0 Å². The summed E-state index contributed by atoms with van der Waals surface area (Å²) in [6.07, 6.45) is 6.17. The lowest BCUT2D eigenvalue weighted by molar-refractivity contribution is -0.165. The van der Waals surface area contributed by atoms with Crippen molar-refractivity contribution in [2.24, 2.45) is 23.7 Å². The zero-order chi connectivity index (χ0) is 12.2. The van der Waals surface area contributed by atoms with Crippen molar-refractivity contribution in [3.8, 4) is 0 Å². The number of carbonyl (C=O) groups excluding carboxylic acids is 1. The summed E-state index contributed by atoms with van der Waals surface area (Å²) in [5.74, 6) is 2.24. The van der Waals surface area contributed by atoms with Crippen molar-refractivity contribution in [2.45, 2.75) is 57.7 Å². The number of rotatable bonds is 2. The molecule has 2 bridgehead atoms. The number of fused-ring (bicyclic) bond motifs is 5. The molecule has 3 heteroatoms. The largest absolute Gasteiger partial charge is 0.460 e. The van der Waals surface area contributed by atoms with Gasteiger partial charge in [0.05, 0.1) is 0 Å². The van der Waals surface area contributed by atoms with Crippen LogP contribution in [0.25, 0.3) is 0 Å². The van der Waals surface area contributed by atoms with Gasteiger partial charge in [-0.1, -0.05) is 6.42 Å². The predicted octanol–water partition coefficient (Wildman–Crippen LogP) is 3.10. The van der Waals surface area contributed by atoms with E-state index in [0.717, 1.165) is 24.2 Å². The molecule has 0 saturated heterocycles. The Bertz CT molecular complexity index is 334. The number of esters is 1. The molecule has 5 atom stereocenters. The fraction of sp³-hybridized carbons (Fsp3) is 0.929. The van der Waals surface area contributed by atoms with Crippen LogP contribution in [0.15, 0.2) is 0 Å². The van der Waals surface area contributed by atoms with Crippen molar-refractivity contribution >= 4 is 5.97 Å². The summed E-state index contributed by atoms with van der Waals surface area (Å²) < 4.78 is 18.9. The second kappa shape index (κ2) is 3.69. The van der Waals surface area contributed by atoms with Crippen LogP contribution in [0.4, 0.5) is 4.39 Å². The molecule has 0 amide bonds. The zero-order valence-corrected chi connectivity index (χ0v) is 10.6. The first-order chi connectivity index (χ1) is 7.97. The average molecular weight is 240 g/mol. The summed E-state index contributed by atoms with van der Waals surface area (Å²) in [7, 11) is 0. The highest BCUT2D eigenvalue weighted by molar-refractivity contribution is 5.78. The Morgan fingerprint density at radius 2 is 1.88 bits per heavy atom. The van der Waals surface area contributed by atoms with Crippen molar-refractivity contribution in [3.05, 3.63) is 0 Å². The highest BCUT2D eigenvalue weighted by Gasteiger charge is 2.55. The van der Waals surface area contributed by atoms with E-state index < -0.39 is 11.6 Å². The van der Waals surface area contributed by atoms with Gasteiger partial charge in [-0.2, -0.15) is 0 Å². The SMILES string of the molecule is CC(C)(F)C(=O)OC1CC2CC1C1CCCC21. The lowest BCUT2D eigenvalue weighted by Gasteiger charge is -2.32. The van der Waals surface area contributed by atoms with Crippen molar-refractivity contribution in [2.75, 3.05) is 0 Å². The van der Waals surface area contributed by atoms with Crippen molar-refractivity contribution in [3.63, 3.8) is 0 Å². The molecule has 0 aromatic heterocycles. The third kappa shape index (κ3) is 1.78. The molecule has 0 aliphatic heterocycles. The summed E-state index contributed by atoms with van der Waals surface area (Å²) in [6.45, 7) is 2.56. The molecule has 2 nitrogen and oxygen atoms in total. The molecule has 3 saturated carbocycles. The van der Waals surface area contributed by atoms with Gasteiger partial charge in [0.2, 0.25) is 5.67 Å². The minimum absolute atomic E-state index is 0.00174. The van der Waals surface area contributed by atoms with E-state index in [1.807, 2.05) is 0 Å². The lowest BCUT2D eigenvalue weighted by atomic mass is 9.80. The molecule has 0 radical (unpaired) electrons. The van der Waals surface area contributed by atoms with Gasteiger partial charge in [0.25, 0.3) is 0 Å². The average Bonchev–Trinajstić information content (AvgIpc) is 2.85. The van der Waals surface area contributed by atoms with E-state index in [4.69, 9.17) is 4.74 Å². The van der Waals surface area contributed by atoms with E-state index in [9.17, 15) is 9.18 Å². The van der Waals surface area contributed by atoms with Gasteiger partial charge in [0.15, 0.2) is 0 Å². The van der Waals surface area contributed by atoms with E-state index >= 15 is 0 Å². The van der Waals surface area contributed by atoms with E-state index in [1.165, 1.54) is 39.5 Å². The molecular formula is C14H21FO2. The van der Waals surface area contributed by atoms with Crippen LogP contribution in [-0.4, -0.2) is 17.7 Å². The first kappa shape index (κ1) is 11.5. The Kier molecular flexibility index (Phi) is 2.50. The standard InChI is InChI=1S/C14H21FO2/c1-14(2,15)13(16)17-12-7-8-6-11(12)10-5-3-4-9(8)10/h8-12H,3-7H2,1-2H3. The van der Waals surface area contributed by atoms with Crippen LogP contribution < -0.4 is 0 Å². The van der Waals surface area contributed by atoms with Crippen molar-refractivity contribution in [1.29, 1.82) is 0 Å². The second-order valence-corrected chi connectivity index (χ2v) is 6.57. The molecule has 0 heterocycles. The van der Waals surface area contributed by atoms with E-state index in [-0.39, 0.29) is 6.10 Å². The second-order valence-electron chi connectivity index (χ2n) is 6.57. The molecule has 0 aromatic carbocycles. The first-order valence-corrected chi connectivity index (χ1v) is 6.87. The molecule has 96 valence electrons. The number of ether oxygens (including phenoxy) is 1. The van der Waals surface area contributed by atoms with Crippen LogP contribution in [0, 0.1) is 23.7 Å². The van der Waals surface area contributed by atoms with Crippen molar-refractivity contribution in [1.82, 2.24) is 0 Å². The minimum atomic E-state index is -1.85. The molecule has 0 N–H and O–H groups in total. The predicted molar refractivity (Wildman–Crippen MR) is 62.1 cm³/mol. The van der Waals surface area contributed by atoms with Gasteiger partial charge < -0.3 is 4.74 Å². The maximum Gasteiger partial charge on any atom is 0.343 e. The van der Waals surface area contributed by atoms with Crippen LogP contribution in [0.5, 0.6) is 0 Å². The van der Waals surface area contributed by atoms with Crippen LogP contribution in [0.1, 0.15) is 46.0 Å². The highest BCUT2D eigenvalue weighted by atomic mass is 19.1. The van der Waals surface area contributed by atoms with Crippen LogP contribution in [0.2, 0.25) is 0 Å². The van der Waals surface area contributed by atoms with Gasteiger partial charge in [0.1, 0.15) is 6.10 Å². The summed E-state index contributed by atoms with van der Waals surface area (Å²) in [5.41, 5.74) is -1.85. The molecule has 5 unspecified atom stereocenters. The summed E-state index contributed by atoms with van der Waals surface area (Å²) in [5, 5.41) is 0. The highest BCUT2D eigenvalue weighted by Crippen LogP contribution is 2.59.